The summed E-state index contributed by atoms with van der Waals surface area (Å²) in [5.74, 6) is 1.08. The third kappa shape index (κ3) is 5.95. The number of amides is 3. The molecule has 0 radical (unpaired) electrons. The van der Waals surface area contributed by atoms with Crippen molar-refractivity contribution < 1.29 is 9.59 Å². The molecular weight excluding hydrogens is 388 g/mol. The fourth-order valence-electron chi connectivity index (χ4n) is 2.31. The lowest BCUT2D eigenvalue weighted by Crippen LogP contribution is -2.34. The van der Waals surface area contributed by atoms with Gasteiger partial charge >= 0.3 is 6.03 Å². The molecule has 0 spiro atoms. The van der Waals surface area contributed by atoms with Crippen LogP contribution in [0.15, 0.2) is 29.4 Å². The average Bonchev–Trinajstić information content (AvgIpc) is 3.01. The van der Waals surface area contributed by atoms with Gasteiger partial charge in [-0.05, 0) is 51.7 Å². The van der Waals surface area contributed by atoms with Gasteiger partial charge in [0.25, 0.3) is 0 Å². The molecule has 146 valence electrons. The van der Waals surface area contributed by atoms with E-state index in [4.69, 9.17) is 17.3 Å². The molecule has 0 fully saturated rings. The van der Waals surface area contributed by atoms with E-state index in [-0.39, 0.29) is 18.4 Å². The van der Waals surface area contributed by atoms with Crippen molar-refractivity contribution >= 4 is 35.3 Å². The topological polar surface area (TPSA) is 106 Å². The second-order valence-electron chi connectivity index (χ2n) is 6.16. The predicted octanol–water partition coefficient (Wildman–Crippen LogP) is 2.61. The smallest absolute Gasteiger partial charge is 0.318 e. The van der Waals surface area contributed by atoms with Gasteiger partial charge in [0.2, 0.25) is 5.91 Å². The Labute approximate surface area is 167 Å². The first kappa shape index (κ1) is 21.2. The number of urea groups is 1. The maximum absolute atomic E-state index is 11.5. The summed E-state index contributed by atoms with van der Waals surface area (Å²) in [7, 11) is 3.96. The molecule has 0 aliphatic rings. The summed E-state index contributed by atoms with van der Waals surface area (Å²) in [5, 5.41) is 12.1. The van der Waals surface area contributed by atoms with Gasteiger partial charge in [0.15, 0.2) is 11.0 Å². The molecule has 1 aromatic heterocycles. The zero-order valence-electron chi connectivity index (χ0n) is 15.5. The van der Waals surface area contributed by atoms with Gasteiger partial charge < -0.3 is 5.73 Å². The summed E-state index contributed by atoms with van der Waals surface area (Å²) in [6, 6.07) is 6.71. The SMILES string of the molecule is CC(c1nnc(SCCCC(=O)NC(N)=O)n1-c1ccc(Cl)cc1)N(C)C. The highest BCUT2D eigenvalue weighted by atomic mass is 35.5. The highest BCUT2D eigenvalue weighted by molar-refractivity contribution is 7.99. The van der Waals surface area contributed by atoms with Crippen LogP contribution in [-0.4, -0.2) is 51.5 Å². The van der Waals surface area contributed by atoms with Crippen LogP contribution in [0.5, 0.6) is 0 Å². The lowest BCUT2D eigenvalue weighted by molar-refractivity contribution is -0.119. The molecule has 1 unspecified atom stereocenters. The minimum Gasteiger partial charge on any atom is -0.351 e. The molecule has 0 saturated heterocycles. The molecule has 1 heterocycles. The van der Waals surface area contributed by atoms with Crippen molar-refractivity contribution in [3.63, 3.8) is 0 Å². The van der Waals surface area contributed by atoms with Gasteiger partial charge in [-0.15, -0.1) is 10.2 Å². The average molecular weight is 411 g/mol. The zero-order chi connectivity index (χ0) is 20.0. The third-order valence-corrected chi connectivity index (χ3v) is 5.20. The van der Waals surface area contributed by atoms with E-state index in [0.29, 0.717) is 17.2 Å². The van der Waals surface area contributed by atoms with E-state index >= 15 is 0 Å². The molecule has 27 heavy (non-hydrogen) atoms. The standard InChI is InChI=1S/C17H23ClN6O2S/c1-11(23(2)3)15-21-22-17(24(15)13-8-6-12(18)7-9-13)27-10-4-5-14(25)20-16(19)26/h6-9,11H,4-5,10H2,1-3H3,(H3,19,20,25,26). The number of halogens is 1. The number of hydrogen-bond acceptors (Lipinski definition) is 6. The number of nitrogens with two attached hydrogens (primary N) is 1. The van der Waals surface area contributed by atoms with Gasteiger partial charge in [-0.1, -0.05) is 23.4 Å². The predicted molar refractivity (Wildman–Crippen MR) is 106 cm³/mol. The van der Waals surface area contributed by atoms with E-state index in [1.54, 1.807) is 0 Å². The minimum absolute atomic E-state index is 0.0591. The van der Waals surface area contributed by atoms with Crippen molar-refractivity contribution in [1.82, 2.24) is 25.0 Å². The van der Waals surface area contributed by atoms with Crippen LogP contribution in [-0.2, 0) is 4.79 Å². The van der Waals surface area contributed by atoms with Crippen LogP contribution in [0.1, 0.15) is 31.6 Å². The molecule has 0 aliphatic heterocycles. The number of nitrogens with one attached hydrogen (secondary N) is 1. The number of carbonyl (C=O) groups excluding carboxylic acids is 2. The van der Waals surface area contributed by atoms with Crippen LogP contribution in [0, 0.1) is 0 Å². The minimum atomic E-state index is -0.836. The van der Waals surface area contributed by atoms with Gasteiger partial charge in [0.1, 0.15) is 0 Å². The molecule has 1 aromatic carbocycles. The van der Waals surface area contributed by atoms with Crippen molar-refractivity contribution in [3.05, 3.63) is 35.1 Å². The van der Waals surface area contributed by atoms with E-state index in [9.17, 15) is 9.59 Å². The van der Waals surface area contributed by atoms with Crippen LogP contribution in [0.3, 0.4) is 0 Å². The molecule has 10 heteroatoms. The summed E-state index contributed by atoms with van der Waals surface area (Å²) in [4.78, 5) is 24.2. The van der Waals surface area contributed by atoms with Crippen molar-refractivity contribution in [2.75, 3.05) is 19.8 Å². The van der Waals surface area contributed by atoms with Crippen molar-refractivity contribution in [1.29, 1.82) is 0 Å². The molecule has 1 atom stereocenters. The monoisotopic (exact) mass is 410 g/mol. The zero-order valence-corrected chi connectivity index (χ0v) is 17.0. The number of thioether (sulfide) groups is 1. The normalized spacial score (nSPS) is 12.2. The Bertz CT molecular complexity index is 793. The number of nitrogens with zero attached hydrogens (tertiary/aromatic N) is 4. The lowest BCUT2D eigenvalue weighted by Gasteiger charge is -2.20. The molecule has 3 amide bonds. The number of aromatic nitrogens is 3. The quantitative estimate of drug-likeness (QED) is 0.511. The molecular formula is C17H23ClN6O2S. The van der Waals surface area contributed by atoms with E-state index in [0.717, 1.165) is 16.7 Å². The third-order valence-electron chi connectivity index (χ3n) is 3.93. The lowest BCUT2D eigenvalue weighted by atomic mass is 10.2. The number of imide groups is 1. The fourth-order valence-corrected chi connectivity index (χ4v) is 3.33. The Morgan fingerprint density at radius 1 is 1.30 bits per heavy atom. The highest BCUT2D eigenvalue weighted by Gasteiger charge is 2.21. The number of hydrogen-bond donors (Lipinski definition) is 2. The largest absolute Gasteiger partial charge is 0.351 e. The maximum atomic E-state index is 11.5. The summed E-state index contributed by atoms with van der Waals surface area (Å²) >= 11 is 7.51. The second-order valence-corrected chi connectivity index (χ2v) is 7.66. The number of primary amides is 1. The Hall–Kier alpha value is -2.10. The first-order valence-electron chi connectivity index (χ1n) is 8.39. The van der Waals surface area contributed by atoms with Crippen LogP contribution >= 0.6 is 23.4 Å². The highest BCUT2D eigenvalue weighted by Crippen LogP contribution is 2.28. The summed E-state index contributed by atoms with van der Waals surface area (Å²) in [6.45, 7) is 2.05. The molecule has 8 nitrogen and oxygen atoms in total. The Balaban J connectivity index is 2.15. The van der Waals surface area contributed by atoms with E-state index < -0.39 is 6.03 Å². The maximum Gasteiger partial charge on any atom is 0.318 e. The van der Waals surface area contributed by atoms with Gasteiger partial charge in [0, 0.05) is 22.9 Å². The van der Waals surface area contributed by atoms with Gasteiger partial charge in [-0.3, -0.25) is 19.6 Å². The van der Waals surface area contributed by atoms with Crippen molar-refractivity contribution in [2.24, 2.45) is 5.73 Å². The van der Waals surface area contributed by atoms with Crippen molar-refractivity contribution in [3.8, 4) is 5.69 Å². The molecule has 0 aliphatic carbocycles. The summed E-state index contributed by atoms with van der Waals surface area (Å²) < 4.78 is 2.00. The van der Waals surface area contributed by atoms with Gasteiger partial charge in [0.05, 0.1) is 6.04 Å². The van der Waals surface area contributed by atoms with Crippen LogP contribution < -0.4 is 11.1 Å². The van der Waals surface area contributed by atoms with Gasteiger partial charge in [-0.2, -0.15) is 0 Å². The Morgan fingerprint density at radius 2 is 1.96 bits per heavy atom. The Morgan fingerprint density at radius 3 is 2.56 bits per heavy atom. The van der Waals surface area contributed by atoms with E-state index in [1.165, 1.54) is 11.8 Å². The summed E-state index contributed by atoms with van der Waals surface area (Å²) in [5.41, 5.74) is 5.85. The van der Waals surface area contributed by atoms with E-state index in [2.05, 4.69) is 27.3 Å². The van der Waals surface area contributed by atoms with Crippen LogP contribution in [0.4, 0.5) is 4.79 Å². The van der Waals surface area contributed by atoms with Crippen LogP contribution in [0.2, 0.25) is 5.02 Å². The first-order chi connectivity index (χ1) is 12.8. The molecule has 0 saturated carbocycles. The summed E-state index contributed by atoms with van der Waals surface area (Å²) in [6.07, 6.45) is 0.793. The number of rotatable bonds is 8. The molecule has 3 N–H and O–H groups in total. The first-order valence-corrected chi connectivity index (χ1v) is 9.75. The van der Waals surface area contributed by atoms with Gasteiger partial charge in [-0.25, -0.2) is 4.79 Å². The molecule has 2 rings (SSSR count). The second kappa shape index (κ2) is 9.72. The molecule has 2 aromatic rings. The Kier molecular flexibility index (Phi) is 7.64. The number of benzene rings is 1. The van der Waals surface area contributed by atoms with Crippen molar-refractivity contribution in [2.45, 2.75) is 31.0 Å². The molecule has 0 bridgehead atoms. The number of carbonyl (C=O) groups is 2. The van der Waals surface area contributed by atoms with E-state index in [1.807, 2.05) is 42.9 Å². The van der Waals surface area contributed by atoms with Crippen LogP contribution in [0.25, 0.3) is 5.69 Å². The fraction of sp³-hybridized carbons (Fsp3) is 0.412.